The van der Waals surface area contributed by atoms with Crippen LogP contribution in [0.25, 0.3) is 10.9 Å². The first-order valence-corrected chi connectivity index (χ1v) is 5.59. The summed E-state index contributed by atoms with van der Waals surface area (Å²) in [5.74, 6) is 0.873. The van der Waals surface area contributed by atoms with Crippen LogP contribution in [0.5, 0.6) is 0 Å². The molecule has 0 unspecified atom stereocenters. The predicted octanol–water partition coefficient (Wildman–Crippen LogP) is 3.82. The maximum Gasteiger partial charge on any atom is 0.137 e. The lowest BCUT2D eigenvalue weighted by molar-refractivity contribution is 0.955. The number of H-pyrrole nitrogens is 1. The number of aromatic nitrogens is 2. The molecule has 0 radical (unpaired) electrons. The Morgan fingerprint density at radius 2 is 2.20 bits per heavy atom. The minimum Gasteiger partial charge on any atom is -0.342 e. The van der Waals surface area contributed by atoms with Crippen LogP contribution in [0.15, 0.2) is 12.1 Å². The van der Waals surface area contributed by atoms with Gasteiger partial charge < -0.3 is 4.98 Å². The highest BCUT2D eigenvalue weighted by Gasteiger charge is 2.04. The number of halogens is 1. The zero-order valence-electron chi connectivity index (χ0n) is 8.60. The molecule has 78 valence electrons. The van der Waals surface area contributed by atoms with Gasteiger partial charge in [-0.25, -0.2) is 4.98 Å². The van der Waals surface area contributed by atoms with Gasteiger partial charge in [-0.05, 0) is 24.6 Å². The first-order chi connectivity index (χ1) is 7.11. The molecule has 2 nitrogen and oxygen atoms in total. The second-order valence-corrected chi connectivity index (χ2v) is 4.31. The molecule has 0 saturated heterocycles. The molecule has 2 aromatic rings. The largest absolute Gasteiger partial charge is 0.342 e. The fourth-order valence-electron chi connectivity index (χ4n) is 1.56. The first kappa shape index (κ1) is 10.6. The highest BCUT2D eigenvalue weighted by molar-refractivity contribution is 7.71. The van der Waals surface area contributed by atoms with E-state index in [0.717, 1.165) is 28.7 Å². The third-order valence-electron chi connectivity index (χ3n) is 2.31. The van der Waals surface area contributed by atoms with E-state index in [4.69, 9.17) is 23.8 Å². The first-order valence-electron chi connectivity index (χ1n) is 4.81. The van der Waals surface area contributed by atoms with E-state index in [1.807, 2.05) is 26.0 Å². The number of hydrogen-bond donors (Lipinski definition) is 1. The van der Waals surface area contributed by atoms with Crippen molar-refractivity contribution in [1.82, 2.24) is 9.97 Å². The second kappa shape index (κ2) is 3.91. The summed E-state index contributed by atoms with van der Waals surface area (Å²) >= 11 is 11.4. The Hall–Kier alpha value is -0.930. The van der Waals surface area contributed by atoms with Gasteiger partial charge in [0.25, 0.3) is 0 Å². The minimum atomic E-state index is 0.617. The maximum atomic E-state index is 6.16. The van der Waals surface area contributed by atoms with Crippen LogP contribution in [0.2, 0.25) is 5.02 Å². The zero-order chi connectivity index (χ0) is 11.0. The molecule has 0 aliphatic heterocycles. The van der Waals surface area contributed by atoms with Crippen LogP contribution in [0, 0.1) is 11.6 Å². The molecule has 0 spiro atoms. The van der Waals surface area contributed by atoms with Crippen LogP contribution in [-0.2, 0) is 6.42 Å². The predicted molar refractivity (Wildman–Crippen MR) is 66.1 cm³/mol. The lowest BCUT2D eigenvalue weighted by Crippen LogP contribution is -1.95. The molecular weight excluding hydrogens is 228 g/mol. The molecule has 0 aliphatic rings. The summed E-state index contributed by atoms with van der Waals surface area (Å²) in [6.07, 6.45) is 0.823. The molecule has 15 heavy (non-hydrogen) atoms. The average Bonchev–Trinajstić information content (AvgIpc) is 2.19. The second-order valence-electron chi connectivity index (χ2n) is 3.51. The number of fused-ring (bicyclic) bond motifs is 1. The molecule has 0 saturated carbocycles. The van der Waals surface area contributed by atoms with Crippen molar-refractivity contribution < 1.29 is 0 Å². The van der Waals surface area contributed by atoms with Crippen LogP contribution in [-0.4, -0.2) is 9.97 Å². The Morgan fingerprint density at radius 3 is 2.87 bits per heavy atom. The van der Waals surface area contributed by atoms with Crippen molar-refractivity contribution in [3.63, 3.8) is 0 Å². The quantitative estimate of drug-likeness (QED) is 0.766. The molecule has 0 aliphatic carbocycles. The summed E-state index contributed by atoms with van der Waals surface area (Å²) in [6, 6.07) is 3.93. The lowest BCUT2D eigenvalue weighted by Gasteiger charge is -2.05. The van der Waals surface area contributed by atoms with Gasteiger partial charge in [0.1, 0.15) is 10.5 Å². The van der Waals surface area contributed by atoms with Gasteiger partial charge in [-0.15, -0.1) is 0 Å². The van der Waals surface area contributed by atoms with Crippen LogP contribution in [0.1, 0.15) is 18.3 Å². The molecule has 0 fully saturated rings. The van der Waals surface area contributed by atoms with Gasteiger partial charge >= 0.3 is 0 Å². The molecule has 4 heteroatoms. The van der Waals surface area contributed by atoms with E-state index in [2.05, 4.69) is 9.97 Å². The number of rotatable bonds is 1. The highest BCUT2D eigenvalue weighted by Crippen LogP contribution is 2.24. The van der Waals surface area contributed by atoms with Gasteiger partial charge in [-0.3, -0.25) is 0 Å². The van der Waals surface area contributed by atoms with Crippen molar-refractivity contribution in [1.29, 1.82) is 0 Å². The number of benzene rings is 1. The van der Waals surface area contributed by atoms with E-state index >= 15 is 0 Å². The van der Waals surface area contributed by atoms with E-state index in [0.29, 0.717) is 9.66 Å². The van der Waals surface area contributed by atoms with Gasteiger partial charge in [0.05, 0.1) is 10.5 Å². The molecular formula is C11H11ClN2S. The van der Waals surface area contributed by atoms with Crippen molar-refractivity contribution in [2.45, 2.75) is 20.3 Å². The highest BCUT2D eigenvalue weighted by atomic mass is 35.5. The number of aryl methyl sites for hydroxylation is 2. The summed E-state index contributed by atoms with van der Waals surface area (Å²) in [5.41, 5.74) is 1.98. The summed E-state index contributed by atoms with van der Waals surface area (Å²) in [4.78, 5) is 7.51. The Bertz CT molecular complexity index is 575. The van der Waals surface area contributed by atoms with Gasteiger partial charge in [0.15, 0.2) is 0 Å². The van der Waals surface area contributed by atoms with E-state index in [1.54, 1.807) is 0 Å². The SMILES string of the molecule is CCc1nc(=S)c2cc(C)cc(Cl)c2[nH]1. The number of nitrogens with one attached hydrogen (secondary N) is 1. The third-order valence-corrected chi connectivity index (χ3v) is 2.91. The molecule has 1 heterocycles. The Morgan fingerprint density at radius 1 is 1.47 bits per heavy atom. The van der Waals surface area contributed by atoms with E-state index in [1.165, 1.54) is 0 Å². The van der Waals surface area contributed by atoms with Gasteiger partial charge in [0, 0.05) is 11.8 Å². The molecule has 1 aromatic heterocycles. The molecule has 1 N–H and O–H groups in total. The van der Waals surface area contributed by atoms with E-state index < -0.39 is 0 Å². The lowest BCUT2D eigenvalue weighted by atomic mass is 10.2. The summed E-state index contributed by atoms with van der Waals surface area (Å²) in [7, 11) is 0. The third kappa shape index (κ3) is 1.90. The molecule has 0 atom stereocenters. The van der Waals surface area contributed by atoms with Gasteiger partial charge in [-0.2, -0.15) is 0 Å². The topological polar surface area (TPSA) is 28.7 Å². The van der Waals surface area contributed by atoms with E-state index in [9.17, 15) is 0 Å². The molecule has 0 bridgehead atoms. The molecule has 1 aromatic carbocycles. The Balaban J connectivity index is 2.91. The monoisotopic (exact) mass is 238 g/mol. The average molecular weight is 239 g/mol. The van der Waals surface area contributed by atoms with Gasteiger partial charge in [-0.1, -0.05) is 30.7 Å². The maximum absolute atomic E-state index is 6.16. The number of hydrogen-bond acceptors (Lipinski definition) is 2. The minimum absolute atomic E-state index is 0.617. The summed E-state index contributed by atoms with van der Waals surface area (Å²) in [6.45, 7) is 4.02. The van der Waals surface area contributed by atoms with Crippen LogP contribution in [0.4, 0.5) is 0 Å². The number of aromatic amines is 1. The summed E-state index contributed by atoms with van der Waals surface area (Å²) < 4.78 is 0.617. The molecule has 2 rings (SSSR count). The van der Waals surface area contributed by atoms with Crippen molar-refractivity contribution in [2.24, 2.45) is 0 Å². The van der Waals surface area contributed by atoms with Crippen molar-refractivity contribution in [3.05, 3.63) is 33.2 Å². The van der Waals surface area contributed by atoms with Crippen molar-refractivity contribution >= 4 is 34.7 Å². The fraction of sp³-hybridized carbons (Fsp3) is 0.273. The molecule has 0 amide bonds. The standard InChI is InChI=1S/C11H11ClN2S/c1-3-9-13-10-7(11(15)14-9)4-6(2)5-8(10)12/h4-5H,3H2,1-2H3,(H,13,14,15). The number of nitrogens with zero attached hydrogens (tertiary/aromatic N) is 1. The van der Waals surface area contributed by atoms with Crippen LogP contribution >= 0.6 is 23.8 Å². The van der Waals surface area contributed by atoms with Crippen LogP contribution in [0.3, 0.4) is 0 Å². The fourth-order valence-corrected chi connectivity index (χ4v) is 2.15. The Kier molecular flexibility index (Phi) is 2.76. The zero-order valence-corrected chi connectivity index (χ0v) is 10.2. The van der Waals surface area contributed by atoms with Crippen molar-refractivity contribution in [3.8, 4) is 0 Å². The van der Waals surface area contributed by atoms with Gasteiger partial charge in [0.2, 0.25) is 0 Å². The summed E-state index contributed by atoms with van der Waals surface area (Å²) in [5, 5.41) is 1.63. The van der Waals surface area contributed by atoms with Crippen LogP contribution < -0.4 is 0 Å². The Labute approximate surface area is 98.3 Å². The normalized spacial score (nSPS) is 10.9. The van der Waals surface area contributed by atoms with E-state index in [-0.39, 0.29) is 0 Å². The van der Waals surface area contributed by atoms with Crippen molar-refractivity contribution in [2.75, 3.05) is 0 Å². The smallest absolute Gasteiger partial charge is 0.137 e.